The van der Waals surface area contributed by atoms with E-state index in [2.05, 4.69) is 27.7 Å². The van der Waals surface area contributed by atoms with Gasteiger partial charge in [0.2, 0.25) is 0 Å². The molecule has 0 heterocycles. The van der Waals surface area contributed by atoms with Crippen molar-refractivity contribution in [1.29, 1.82) is 0 Å². The fraction of sp³-hybridized carbons (Fsp3) is 0.938. The van der Waals surface area contributed by atoms with Crippen LogP contribution < -0.4 is 0 Å². The second-order valence-electron chi connectivity index (χ2n) is 12.2. The molecule has 1 saturated carbocycles. The molecule has 212 valence electrons. The lowest BCUT2D eigenvalue weighted by Crippen LogP contribution is -2.47. The molecule has 0 saturated heterocycles. The SMILES string of the molecule is CC(C)CCCCCCCCCCOC(=O)C1(C(=O)OCCCCCCCCCCC(C)C)CCC1. The standard InChI is InChI=1S/C32H60O4/c1-28(2)22-17-13-9-5-7-11-15-19-26-35-30(33)32(24-21-25-32)31(34)36-27-20-16-12-8-6-10-14-18-23-29(3)4/h28-29H,5-27H2,1-4H3. The molecule has 1 aliphatic carbocycles. The van der Waals surface area contributed by atoms with Crippen LogP contribution in [0.15, 0.2) is 0 Å². The molecule has 0 amide bonds. The zero-order valence-corrected chi connectivity index (χ0v) is 24.6. The van der Waals surface area contributed by atoms with Gasteiger partial charge in [-0.05, 0) is 43.9 Å². The normalized spacial score (nSPS) is 14.7. The number of carbonyl (C=O) groups is 2. The van der Waals surface area contributed by atoms with Crippen LogP contribution >= 0.6 is 0 Å². The number of ether oxygens (including phenoxy) is 2. The number of rotatable bonds is 24. The van der Waals surface area contributed by atoms with Crippen molar-refractivity contribution < 1.29 is 19.1 Å². The minimum absolute atomic E-state index is 0.346. The van der Waals surface area contributed by atoms with Gasteiger partial charge in [0.05, 0.1) is 13.2 Å². The van der Waals surface area contributed by atoms with Crippen LogP contribution in [0.3, 0.4) is 0 Å². The third-order valence-electron chi connectivity index (χ3n) is 7.81. The Kier molecular flexibility index (Phi) is 19.2. The molecule has 0 bridgehead atoms. The van der Waals surface area contributed by atoms with E-state index in [-0.39, 0.29) is 11.9 Å². The third-order valence-corrected chi connectivity index (χ3v) is 7.81. The van der Waals surface area contributed by atoms with Crippen LogP contribution in [0.2, 0.25) is 0 Å². The molecule has 0 aromatic rings. The highest BCUT2D eigenvalue weighted by Crippen LogP contribution is 2.43. The lowest BCUT2D eigenvalue weighted by Gasteiger charge is -2.36. The molecule has 0 aliphatic heterocycles. The molecular weight excluding hydrogens is 448 g/mol. The monoisotopic (exact) mass is 508 g/mol. The van der Waals surface area contributed by atoms with Gasteiger partial charge in [-0.1, -0.05) is 130 Å². The van der Waals surface area contributed by atoms with Crippen molar-refractivity contribution >= 4 is 11.9 Å². The second kappa shape index (κ2) is 20.9. The van der Waals surface area contributed by atoms with E-state index in [9.17, 15) is 9.59 Å². The minimum atomic E-state index is -1.01. The van der Waals surface area contributed by atoms with Crippen molar-refractivity contribution in [2.75, 3.05) is 13.2 Å². The van der Waals surface area contributed by atoms with E-state index < -0.39 is 5.41 Å². The maximum absolute atomic E-state index is 12.7. The molecule has 36 heavy (non-hydrogen) atoms. The van der Waals surface area contributed by atoms with Crippen LogP contribution in [0.5, 0.6) is 0 Å². The van der Waals surface area contributed by atoms with Gasteiger partial charge in [0, 0.05) is 0 Å². The summed E-state index contributed by atoms with van der Waals surface area (Å²) in [6, 6.07) is 0. The predicted molar refractivity (Wildman–Crippen MR) is 151 cm³/mol. The highest BCUT2D eigenvalue weighted by Gasteiger charge is 2.53. The Labute approximate surface area is 224 Å². The molecule has 0 atom stereocenters. The number of carbonyl (C=O) groups excluding carboxylic acids is 2. The van der Waals surface area contributed by atoms with Crippen LogP contribution in [-0.2, 0) is 19.1 Å². The summed E-state index contributed by atoms with van der Waals surface area (Å²) in [5, 5.41) is 0. The van der Waals surface area contributed by atoms with E-state index >= 15 is 0 Å². The van der Waals surface area contributed by atoms with E-state index in [0.717, 1.165) is 43.9 Å². The fourth-order valence-corrected chi connectivity index (χ4v) is 5.06. The predicted octanol–water partition coefficient (Wildman–Crippen LogP) is 9.58. The summed E-state index contributed by atoms with van der Waals surface area (Å²) in [5.74, 6) is 0.952. The van der Waals surface area contributed by atoms with Crippen LogP contribution in [0.25, 0.3) is 0 Å². The molecule has 0 aromatic heterocycles. The minimum Gasteiger partial charge on any atom is -0.465 e. The Hall–Kier alpha value is -1.06. The highest BCUT2D eigenvalue weighted by molar-refractivity contribution is 6.01. The van der Waals surface area contributed by atoms with Gasteiger partial charge in [0.15, 0.2) is 5.41 Å². The average molecular weight is 509 g/mol. The van der Waals surface area contributed by atoms with Gasteiger partial charge in [-0.15, -0.1) is 0 Å². The van der Waals surface area contributed by atoms with Gasteiger partial charge in [-0.3, -0.25) is 9.59 Å². The number of hydrogen-bond donors (Lipinski definition) is 0. The quantitative estimate of drug-likeness (QED) is 0.0739. The maximum atomic E-state index is 12.7. The molecule has 0 spiro atoms. The summed E-state index contributed by atoms with van der Waals surface area (Å²) in [7, 11) is 0. The summed E-state index contributed by atoms with van der Waals surface area (Å²) in [4.78, 5) is 25.3. The number of esters is 2. The summed E-state index contributed by atoms with van der Waals surface area (Å²) >= 11 is 0. The molecule has 0 unspecified atom stereocenters. The molecular formula is C32H60O4. The first-order chi connectivity index (χ1) is 17.4. The highest BCUT2D eigenvalue weighted by atomic mass is 16.6. The van der Waals surface area contributed by atoms with Gasteiger partial charge in [-0.2, -0.15) is 0 Å². The van der Waals surface area contributed by atoms with Gasteiger partial charge >= 0.3 is 11.9 Å². The zero-order chi connectivity index (χ0) is 26.5. The first-order valence-electron chi connectivity index (χ1n) is 15.7. The van der Waals surface area contributed by atoms with Crippen molar-refractivity contribution in [3.05, 3.63) is 0 Å². The summed E-state index contributed by atoms with van der Waals surface area (Å²) in [5.41, 5.74) is -1.01. The largest absolute Gasteiger partial charge is 0.465 e. The molecule has 1 fully saturated rings. The molecule has 4 heteroatoms. The molecule has 0 radical (unpaired) electrons. The van der Waals surface area contributed by atoms with E-state index in [1.165, 1.54) is 89.9 Å². The van der Waals surface area contributed by atoms with Crippen molar-refractivity contribution in [2.24, 2.45) is 17.3 Å². The number of unbranched alkanes of at least 4 members (excludes halogenated alkanes) is 14. The smallest absolute Gasteiger partial charge is 0.323 e. The summed E-state index contributed by atoms with van der Waals surface area (Å²) < 4.78 is 11.1. The lowest BCUT2D eigenvalue weighted by molar-refractivity contribution is -0.179. The molecule has 0 N–H and O–H groups in total. The van der Waals surface area contributed by atoms with Crippen molar-refractivity contribution in [3.63, 3.8) is 0 Å². The lowest BCUT2D eigenvalue weighted by atomic mass is 9.69. The van der Waals surface area contributed by atoms with E-state index in [1.54, 1.807) is 0 Å². The Morgan fingerprint density at radius 3 is 1.11 bits per heavy atom. The number of hydrogen-bond acceptors (Lipinski definition) is 4. The molecule has 1 aliphatic rings. The van der Waals surface area contributed by atoms with E-state index in [1.807, 2.05) is 0 Å². The van der Waals surface area contributed by atoms with Crippen molar-refractivity contribution in [1.82, 2.24) is 0 Å². The van der Waals surface area contributed by atoms with E-state index in [4.69, 9.17) is 9.47 Å². The first-order valence-corrected chi connectivity index (χ1v) is 15.7. The Morgan fingerprint density at radius 1 is 0.528 bits per heavy atom. The maximum Gasteiger partial charge on any atom is 0.323 e. The second-order valence-corrected chi connectivity index (χ2v) is 12.2. The Bertz CT molecular complexity index is 506. The van der Waals surface area contributed by atoms with E-state index in [0.29, 0.717) is 26.1 Å². The third kappa shape index (κ3) is 15.3. The summed E-state index contributed by atoms with van der Waals surface area (Å²) in [6.45, 7) is 10.0. The van der Waals surface area contributed by atoms with Gasteiger partial charge in [0.1, 0.15) is 0 Å². The topological polar surface area (TPSA) is 52.6 Å². The van der Waals surface area contributed by atoms with Gasteiger partial charge in [0.25, 0.3) is 0 Å². The van der Waals surface area contributed by atoms with Crippen molar-refractivity contribution in [3.8, 4) is 0 Å². The van der Waals surface area contributed by atoms with Crippen LogP contribution in [0.4, 0.5) is 0 Å². The zero-order valence-electron chi connectivity index (χ0n) is 24.6. The van der Waals surface area contributed by atoms with Crippen molar-refractivity contribution in [2.45, 2.75) is 163 Å². The van der Waals surface area contributed by atoms with Gasteiger partial charge in [-0.25, -0.2) is 0 Å². The van der Waals surface area contributed by atoms with Crippen LogP contribution in [0.1, 0.15) is 163 Å². The molecule has 4 nitrogen and oxygen atoms in total. The first kappa shape index (κ1) is 33.0. The average Bonchev–Trinajstić information content (AvgIpc) is 2.79. The fourth-order valence-electron chi connectivity index (χ4n) is 5.06. The molecule has 1 rings (SSSR count). The summed E-state index contributed by atoms with van der Waals surface area (Å²) in [6.07, 6.45) is 24.4. The van der Waals surface area contributed by atoms with Crippen LogP contribution in [0, 0.1) is 17.3 Å². The molecule has 0 aromatic carbocycles. The van der Waals surface area contributed by atoms with Gasteiger partial charge < -0.3 is 9.47 Å². The van der Waals surface area contributed by atoms with Crippen LogP contribution in [-0.4, -0.2) is 25.2 Å². The Balaban J connectivity index is 2.02. The Morgan fingerprint density at radius 2 is 0.833 bits per heavy atom.